The van der Waals surface area contributed by atoms with Gasteiger partial charge in [-0.25, -0.2) is 24.7 Å². The number of hydrogen-bond acceptors (Lipinski definition) is 7. The molecule has 0 aromatic carbocycles. The van der Waals surface area contributed by atoms with Gasteiger partial charge in [0.05, 0.1) is 11.9 Å². The highest BCUT2D eigenvalue weighted by Gasteiger charge is 2.09. The van der Waals surface area contributed by atoms with Gasteiger partial charge in [0.2, 0.25) is 5.95 Å². The summed E-state index contributed by atoms with van der Waals surface area (Å²) in [4.78, 5) is 26.7. The maximum absolute atomic E-state index is 9.70. The normalized spacial score (nSPS) is 12.5. The Hall–Kier alpha value is -4.02. The number of amides is 1. The highest BCUT2D eigenvalue weighted by atomic mass is 16.4. The molecule has 1 fully saturated rings. The van der Waals surface area contributed by atoms with Crippen molar-refractivity contribution in [2.24, 2.45) is 0 Å². The molecule has 5 rings (SSSR count). The molecule has 1 amide bonds. The molecule has 4 aromatic rings. The van der Waals surface area contributed by atoms with Gasteiger partial charge in [-0.3, -0.25) is 9.50 Å². The summed E-state index contributed by atoms with van der Waals surface area (Å²) >= 11 is 0. The van der Waals surface area contributed by atoms with Gasteiger partial charge in [0.25, 0.3) is 0 Å². The summed E-state index contributed by atoms with van der Waals surface area (Å²) in [6.45, 7) is 3.54. The minimum Gasteiger partial charge on any atom is -0.465 e. The average Bonchev–Trinajstić information content (AvgIpc) is 3.57. The number of carbonyl (C=O) groups is 1. The number of nitrogens with zero attached hydrogens (tertiary/aromatic N) is 6. The molecule has 0 bridgehead atoms. The van der Waals surface area contributed by atoms with Crippen LogP contribution in [0, 0.1) is 0 Å². The van der Waals surface area contributed by atoms with Crippen LogP contribution in [-0.4, -0.2) is 51.8 Å². The number of rotatable bonds is 4. The van der Waals surface area contributed by atoms with Crippen molar-refractivity contribution in [1.29, 1.82) is 0 Å². The first kappa shape index (κ1) is 23.6. The Balaban J connectivity index is 0.000000211. The SMILES string of the molecule is C1CCCC1.CC(C)NC(=O)O.c1ncc(-c2cc3nccn3c(Nc3ccn[nH]3)n2)cn1. The molecule has 11 nitrogen and oxygen atoms in total. The van der Waals surface area contributed by atoms with Gasteiger partial charge >= 0.3 is 6.09 Å². The lowest BCUT2D eigenvalue weighted by Crippen LogP contribution is -2.27. The topological polar surface area (TPSA) is 146 Å². The summed E-state index contributed by atoms with van der Waals surface area (Å²) in [5.41, 5.74) is 2.36. The molecule has 0 saturated heterocycles. The molecule has 1 aliphatic carbocycles. The van der Waals surface area contributed by atoms with E-state index in [9.17, 15) is 4.79 Å². The quantitative estimate of drug-likeness (QED) is 0.360. The lowest BCUT2D eigenvalue weighted by Gasteiger charge is -2.08. The van der Waals surface area contributed by atoms with Gasteiger partial charge in [0.15, 0.2) is 0 Å². The summed E-state index contributed by atoms with van der Waals surface area (Å²) < 4.78 is 1.86. The number of aromatic amines is 1. The zero-order valence-electron chi connectivity index (χ0n) is 18.8. The minimum absolute atomic E-state index is 0.0255. The van der Waals surface area contributed by atoms with Crippen LogP contribution in [0.5, 0.6) is 0 Å². The lowest BCUT2D eigenvalue weighted by molar-refractivity contribution is 0.191. The Kier molecular flexibility index (Phi) is 8.69. The second kappa shape index (κ2) is 12.1. The van der Waals surface area contributed by atoms with Crippen LogP contribution in [0.4, 0.5) is 16.6 Å². The maximum Gasteiger partial charge on any atom is 0.404 e. The lowest BCUT2D eigenvalue weighted by atomic mass is 10.2. The van der Waals surface area contributed by atoms with Gasteiger partial charge in [-0.15, -0.1) is 0 Å². The van der Waals surface area contributed by atoms with Gasteiger partial charge in [0.1, 0.15) is 17.8 Å². The highest BCUT2D eigenvalue weighted by molar-refractivity contribution is 5.66. The van der Waals surface area contributed by atoms with Gasteiger partial charge < -0.3 is 15.7 Å². The van der Waals surface area contributed by atoms with Crippen molar-refractivity contribution in [3.63, 3.8) is 0 Å². The standard InChI is InChI=1S/C13H10N8.C5H10.C4H9NO2/c1-2-17-20-11(1)19-13-18-10(9-6-14-8-15-7-9)5-12-16-3-4-21(12)13;1-2-4-5-3-1;1-3(2)5-4(6)7/h1-8H,(H2,17,18,19,20);1-5H2;3,5H,1-2H3,(H,6,7). The summed E-state index contributed by atoms with van der Waals surface area (Å²) in [5.74, 6) is 1.38. The van der Waals surface area contributed by atoms with Gasteiger partial charge in [0, 0.05) is 48.5 Å². The van der Waals surface area contributed by atoms with Crippen molar-refractivity contribution < 1.29 is 9.90 Å². The van der Waals surface area contributed by atoms with E-state index in [1.54, 1.807) is 38.6 Å². The van der Waals surface area contributed by atoms with Crippen LogP contribution in [-0.2, 0) is 0 Å². The smallest absolute Gasteiger partial charge is 0.404 e. The first-order valence-corrected chi connectivity index (χ1v) is 10.9. The molecule has 0 spiro atoms. The van der Waals surface area contributed by atoms with Crippen LogP contribution in [0.1, 0.15) is 46.0 Å². The second-order valence-electron chi connectivity index (χ2n) is 7.71. The van der Waals surface area contributed by atoms with Crippen molar-refractivity contribution in [2.45, 2.75) is 52.0 Å². The fourth-order valence-electron chi connectivity index (χ4n) is 3.17. The minimum atomic E-state index is -0.963. The van der Waals surface area contributed by atoms with E-state index in [-0.39, 0.29) is 6.04 Å². The van der Waals surface area contributed by atoms with E-state index in [0.717, 1.165) is 22.7 Å². The number of fused-ring (bicyclic) bond motifs is 1. The number of H-pyrrole nitrogens is 1. The molecule has 0 atom stereocenters. The van der Waals surface area contributed by atoms with Crippen molar-refractivity contribution in [1.82, 2.24) is 39.9 Å². The number of nitrogens with one attached hydrogen (secondary N) is 3. The van der Waals surface area contributed by atoms with Crippen LogP contribution in [0.25, 0.3) is 16.9 Å². The number of carboxylic acid groups (broad SMARTS) is 1. The number of hydrogen-bond donors (Lipinski definition) is 4. The van der Waals surface area contributed by atoms with E-state index in [2.05, 4.69) is 40.8 Å². The van der Waals surface area contributed by atoms with Crippen LogP contribution >= 0.6 is 0 Å². The molecule has 174 valence electrons. The molecular weight excluding hydrogens is 422 g/mol. The third kappa shape index (κ3) is 7.56. The van der Waals surface area contributed by atoms with Crippen LogP contribution in [0.2, 0.25) is 0 Å². The van der Waals surface area contributed by atoms with E-state index < -0.39 is 6.09 Å². The molecule has 4 aromatic heterocycles. The maximum atomic E-state index is 9.70. The molecule has 0 radical (unpaired) electrons. The Morgan fingerprint density at radius 1 is 1.12 bits per heavy atom. The number of imidazole rings is 1. The first-order valence-electron chi connectivity index (χ1n) is 10.9. The van der Waals surface area contributed by atoms with E-state index in [0.29, 0.717) is 5.95 Å². The molecule has 0 aliphatic heterocycles. The van der Waals surface area contributed by atoms with Crippen molar-refractivity contribution in [3.8, 4) is 11.3 Å². The number of aromatic nitrogens is 7. The van der Waals surface area contributed by atoms with Gasteiger partial charge in [-0.2, -0.15) is 5.10 Å². The van der Waals surface area contributed by atoms with Gasteiger partial charge in [-0.05, 0) is 13.8 Å². The Morgan fingerprint density at radius 2 is 1.82 bits per heavy atom. The zero-order chi connectivity index (χ0) is 23.5. The largest absolute Gasteiger partial charge is 0.465 e. The predicted molar refractivity (Wildman–Crippen MR) is 125 cm³/mol. The summed E-state index contributed by atoms with van der Waals surface area (Å²) in [5, 5.41) is 20.1. The average molecular weight is 452 g/mol. The zero-order valence-corrected chi connectivity index (χ0v) is 18.8. The second-order valence-corrected chi connectivity index (χ2v) is 7.71. The molecule has 33 heavy (non-hydrogen) atoms. The van der Waals surface area contributed by atoms with E-state index in [1.165, 1.54) is 38.4 Å². The van der Waals surface area contributed by atoms with Crippen LogP contribution in [0.15, 0.2) is 49.4 Å². The highest BCUT2D eigenvalue weighted by Crippen LogP contribution is 2.21. The predicted octanol–water partition coefficient (Wildman–Crippen LogP) is 4.27. The third-order valence-electron chi connectivity index (χ3n) is 4.66. The summed E-state index contributed by atoms with van der Waals surface area (Å²) in [6, 6.07) is 3.73. The summed E-state index contributed by atoms with van der Waals surface area (Å²) in [7, 11) is 0. The van der Waals surface area contributed by atoms with E-state index >= 15 is 0 Å². The molecule has 1 saturated carbocycles. The molecular formula is C22H29N9O2. The fraction of sp³-hybridized carbons (Fsp3) is 0.364. The van der Waals surface area contributed by atoms with Crippen molar-refractivity contribution >= 4 is 23.5 Å². The van der Waals surface area contributed by atoms with Crippen LogP contribution < -0.4 is 10.6 Å². The Labute approximate surface area is 191 Å². The van der Waals surface area contributed by atoms with Crippen LogP contribution in [0.3, 0.4) is 0 Å². The molecule has 11 heteroatoms. The monoisotopic (exact) mass is 451 g/mol. The molecule has 4 heterocycles. The molecule has 0 unspecified atom stereocenters. The number of anilines is 2. The Bertz CT molecular complexity index is 1100. The fourth-order valence-corrected chi connectivity index (χ4v) is 3.17. The van der Waals surface area contributed by atoms with E-state index in [1.807, 2.05) is 22.7 Å². The molecule has 4 N–H and O–H groups in total. The van der Waals surface area contributed by atoms with Crippen molar-refractivity contribution in [2.75, 3.05) is 5.32 Å². The molecule has 1 aliphatic rings. The van der Waals surface area contributed by atoms with E-state index in [4.69, 9.17) is 5.11 Å². The third-order valence-corrected chi connectivity index (χ3v) is 4.66. The summed E-state index contributed by atoms with van der Waals surface area (Å²) in [6.07, 6.45) is 16.7. The first-order chi connectivity index (χ1) is 16.0. The van der Waals surface area contributed by atoms with Gasteiger partial charge in [-0.1, -0.05) is 32.1 Å². The Morgan fingerprint density at radius 3 is 2.36 bits per heavy atom. The van der Waals surface area contributed by atoms with Crippen molar-refractivity contribution in [3.05, 3.63) is 49.4 Å².